The van der Waals surface area contributed by atoms with Crippen LogP contribution in [-0.2, 0) is 6.54 Å². The summed E-state index contributed by atoms with van der Waals surface area (Å²) in [7, 11) is 0. The van der Waals surface area contributed by atoms with Crippen LogP contribution in [0.25, 0.3) is 10.8 Å². The second-order valence-electron chi connectivity index (χ2n) is 7.59. The summed E-state index contributed by atoms with van der Waals surface area (Å²) in [6.07, 6.45) is 4.39. The van der Waals surface area contributed by atoms with E-state index in [2.05, 4.69) is 63.0 Å². The van der Waals surface area contributed by atoms with Gasteiger partial charge in [-0.1, -0.05) is 47.7 Å². The van der Waals surface area contributed by atoms with Crippen molar-refractivity contribution >= 4 is 16.7 Å². The number of fused-ring (bicyclic) bond motifs is 1. The molecule has 2 heterocycles. The fourth-order valence-electron chi connectivity index (χ4n) is 3.99. The molecule has 7 heteroatoms. The van der Waals surface area contributed by atoms with Crippen molar-refractivity contribution in [1.82, 2.24) is 25.2 Å². The number of carbonyl (C=O) groups excluding carboxylic acids is 1. The Morgan fingerprint density at radius 1 is 1.21 bits per heavy atom. The molecule has 0 spiro atoms. The van der Waals surface area contributed by atoms with Crippen molar-refractivity contribution in [2.45, 2.75) is 31.8 Å². The predicted molar refractivity (Wildman–Crippen MR) is 112 cm³/mol. The van der Waals surface area contributed by atoms with Crippen LogP contribution >= 0.6 is 0 Å². The third-order valence-corrected chi connectivity index (χ3v) is 5.49. The molecule has 1 fully saturated rings. The highest BCUT2D eigenvalue weighted by Crippen LogP contribution is 2.25. The highest BCUT2D eigenvalue weighted by atomic mass is 16.3. The van der Waals surface area contributed by atoms with Crippen molar-refractivity contribution in [2.24, 2.45) is 0 Å². The van der Waals surface area contributed by atoms with Crippen LogP contribution in [0.5, 0.6) is 0 Å². The molecule has 0 unspecified atom stereocenters. The molecule has 0 aliphatic carbocycles. The monoisotopic (exact) mass is 393 g/mol. The van der Waals surface area contributed by atoms with Crippen LogP contribution in [0.3, 0.4) is 0 Å². The second-order valence-corrected chi connectivity index (χ2v) is 7.59. The molecular formula is C22H27N5O2. The molecule has 0 saturated carbocycles. The average Bonchev–Trinajstić information content (AvgIpc) is 3.25. The van der Waals surface area contributed by atoms with Gasteiger partial charge < -0.3 is 10.4 Å². The number of carbonyl (C=O) groups is 1. The minimum absolute atomic E-state index is 0.0571. The largest absolute Gasteiger partial charge is 0.396 e. The zero-order valence-electron chi connectivity index (χ0n) is 16.5. The first-order valence-electron chi connectivity index (χ1n) is 10.2. The minimum atomic E-state index is -0.242. The molecule has 2 aromatic carbocycles. The van der Waals surface area contributed by atoms with Gasteiger partial charge in [0.25, 0.3) is 5.91 Å². The Morgan fingerprint density at radius 2 is 2.07 bits per heavy atom. The number of hydrogen-bond donors (Lipinski definition) is 2. The van der Waals surface area contributed by atoms with Crippen LogP contribution in [0.2, 0.25) is 0 Å². The van der Waals surface area contributed by atoms with E-state index in [1.54, 1.807) is 6.20 Å². The molecule has 0 radical (unpaired) electrons. The van der Waals surface area contributed by atoms with Gasteiger partial charge in [0.15, 0.2) is 5.69 Å². The summed E-state index contributed by atoms with van der Waals surface area (Å²) in [5.41, 5.74) is 1.67. The Balaban J connectivity index is 1.41. The maximum absolute atomic E-state index is 12.1. The molecule has 1 aromatic heterocycles. The Morgan fingerprint density at radius 3 is 2.97 bits per heavy atom. The number of piperidine rings is 1. The van der Waals surface area contributed by atoms with Gasteiger partial charge in [0, 0.05) is 26.2 Å². The highest BCUT2D eigenvalue weighted by molar-refractivity contribution is 5.91. The number of amides is 1. The van der Waals surface area contributed by atoms with Crippen LogP contribution in [0.15, 0.2) is 48.7 Å². The molecule has 152 valence electrons. The number of aliphatic hydroxyl groups excluding tert-OH is 1. The van der Waals surface area contributed by atoms with Gasteiger partial charge in [-0.05, 0) is 42.1 Å². The Bertz CT molecular complexity index is 965. The fraction of sp³-hybridized carbons (Fsp3) is 0.409. The van der Waals surface area contributed by atoms with E-state index in [-0.39, 0.29) is 18.6 Å². The van der Waals surface area contributed by atoms with Gasteiger partial charge in [-0.15, -0.1) is 5.10 Å². The summed E-state index contributed by atoms with van der Waals surface area (Å²) < 4.78 is 1.83. The molecular weight excluding hydrogens is 366 g/mol. The molecule has 29 heavy (non-hydrogen) atoms. The smallest absolute Gasteiger partial charge is 0.273 e. The zero-order valence-corrected chi connectivity index (χ0v) is 16.5. The van der Waals surface area contributed by atoms with Crippen LogP contribution in [0, 0.1) is 0 Å². The first-order chi connectivity index (χ1) is 14.2. The molecule has 1 saturated heterocycles. The van der Waals surface area contributed by atoms with Gasteiger partial charge in [-0.2, -0.15) is 0 Å². The van der Waals surface area contributed by atoms with Crippen LogP contribution in [0.1, 0.15) is 41.4 Å². The molecule has 7 nitrogen and oxygen atoms in total. The number of benzene rings is 2. The van der Waals surface area contributed by atoms with E-state index >= 15 is 0 Å². The first-order valence-corrected chi connectivity index (χ1v) is 10.2. The summed E-state index contributed by atoms with van der Waals surface area (Å²) in [6.45, 7) is 3.34. The Hall–Kier alpha value is -2.77. The van der Waals surface area contributed by atoms with Gasteiger partial charge in [0.2, 0.25) is 0 Å². The first kappa shape index (κ1) is 19.5. The Labute approximate surface area is 170 Å². The fourth-order valence-corrected chi connectivity index (χ4v) is 3.99. The van der Waals surface area contributed by atoms with Gasteiger partial charge in [-0.3, -0.25) is 9.69 Å². The number of aliphatic hydroxyl groups is 1. The summed E-state index contributed by atoms with van der Waals surface area (Å²) in [5, 5.41) is 22.4. The number of nitrogens with zero attached hydrogens (tertiary/aromatic N) is 4. The van der Waals surface area contributed by atoms with Crippen molar-refractivity contribution < 1.29 is 9.90 Å². The SMILES string of the molecule is O=C(NCCCO)c1cn([C@@H]2CCCN(Cc3cccc4ccccc34)C2)nn1. The summed E-state index contributed by atoms with van der Waals surface area (Å²) in [4.78, 5) is 14.6. The van der Waals surface area contributed by atoms with Gasteiger partial charge in [0.1, 0.15) is 0 Å². The highest BCUT2D eigenvalue weighted by Gasteiger charge is 2.23. The van der Waals surface area contributed by atoms with E-state index in [1.165, 1.54) is 16.3 Å². The maximum atomic E-state index is 12.1. The molecule has 1 aliphatic rings. The number of likely N-dealkylation sites (tertiary alicyclic amines) is 1. The van der Waals surface area contributed by atoms with E-state index < -0.39 is 0 Å². The number of hydrogen-bond acceptors (Lipinski definition) is 5. The molecule has 1 atom stereocenters. The van der Waals surface area contributed by atoms with Crippen LogP contribution < -0.4 is 5.32 Å². The lowest BCUT2D eigenvalue weighted by molar-refractivity contribution is 0.0946. The summed E-state index contributed by atoms with van der Waals surface area (Å²) >= 11 is 0. The van der Waals surface area contributed by atoms with Gasteiger partial charge >= 0.3 is 0 Å². The standard InChI is InChI=1S/C22H27N5O2/c28-13-5-11-23-22(29)21-16-27(25-24-21)19-9-4-12-26(15-19)14-18-8-3-7-17-6-1-2-10-20(17)18/h1-3,6-8,10,16,19,28H,4-5,9,11-15H2,(H,23,29)/t19-/m1/s1. The van der Waals surface area contributed by atoms with E-state index in [0.29, 0.717) is 18.7 Å². The van der Waals surface area contributed by atoms with Crippen molar-refractivity contribution in [2.75, 3.05) is 26.2 Å². The van der Waals surface area contributed by atoms with E-state index in [4.69, 9.17) is 5.11 Å². The molecule has 1 aliphatic heterocycles. The lowest BCUT2D eigenvalue weighted by atomic mass is 10.0. The zero-order chi connectivity index (χ0) is 20.1. The third kappa shape index (κ3) is 4.63. The van der Waals surface area contributed by atoms with E-state index in [9.17, 15) is 4.79 Å². The molecule has 2 N–H and O–H groups in total. The summed E-state index contributed by atoms with van der Waals surface area (Å²) in [6, 6.07) is 15.2. The van der Waals surface area contributed by atoms with Crippen molar-refractivity contribution in [3.8, 4) is 0 Å². The maximum Gasteiger partial charge on any atom is 0.273 e. The van der Waals surface area contributed by atoms with E-state index in [0.717, 1.165) is 32.5 Å². The van der Waals surface area contributed by atoms with Crippen molar-refractivity contribution in [1.29, 1.82) is 0 Å². The lowest BCUT2D eigenvalue weighted by Gasteiger charge is -2.32. The number of rotatable bonds is 7. The Kier molecular flexibility index (Phi) is 6.17. The topological polar surface area (TPSA) is 83.3 Å². The van der Waals surface area contributed by atoms with E-state index in [1.807, 2.05) is 4.68 Å². The molecule has 1 amide bonds. The molecule has 0 bridgehead atoms. The number of nitrogens with one attached hydrogen (secondary N) is 1. The predicted octanol–water partition coefficient (Wildman–Crippen LogP) is 2.38. The normalized spacial score (nSPS) is 17.5. The van der Waals surface area contributed by atoms with Crippen molar-refractivity contribution in [3.05, 3.63) is 59.9 Å². The minimum Gasteiger partial charge on any atom is -0.396 e. The van der Waals surface area contributed by atoms with Crippen LogP contribution in [0.4, 0.5) is 0 Å². The second kappa shape index (κ2) is 9.15. The lowest BCUT2D eigenvalue weighted by Crippen LogP contribution is -2.36. The average molecular weight is 393 g/mol. The molecule has 4 rings (SSSR count). The van der Waals surface area contributed by atoms with Crippen molar-refractivity contribution in [3.63, 3.8) is 0 Å². The van der Waals surface area contributed by atoms with Gasteiger partial charge in [0.05, 0.1) is 12.2 Å². The quantitative estimate of drug-likeness (QED) is 0.602. The summed E-state index contributed by atoms with van der Waals surface area (Å²) in [5.74, 6) is -0.242. The molecule has 3 aromatic rings. The third-order valence-electron chi connectivity index (χ3n) is 5.49. The van der Waals surface area contributed by atoms with Crippen LogP contribution in [-0.4, -0.2) is 57.1 Å². The van der Waals surface area contributed by atoms with Gasteiger partial charge in [-0.25, -0.2) is 4.68 Å². The number of aromatic nitrogens is 3.